The zero-order valence-electron chi connectivity index (χ0n) is 9.92. The molecule has 19 heavy (non-hydrogen) atoms. The van der Waals surface area contributed by atoms with Gasteiger partial charge in [-0.15, -0.1) is 0 Å². The predicted octanol–water partition coefficient (Wildman–Crippen LogP) is 4.91. The normalized spacial score (nSPS) is 11.4. The number of anilines is 2. The van der Waals surface area contributed by atoms with Gasteiger partial charge in [0.25, 0.3) is 0 Å². The van der Waals surface area contributed by atoms with E-state index in [9.17, 15) is 13.2 Å². The van der Waals surface area contributed by atoms with Crippen LogP contribution in [0.2, 0.25) is 0 Å². The van der Waals surface area contributed by atoms with Crippen LogP contribution in [-0.2, 0) is 6.18 Å². The van der Waals surface area contributed by atoms with Crippen molar-refractivity contribution in [2.24, 2.45) is 0 Å². The van der Waals surface area contributed by atoms with E-state index in [2.05, 4.69) is 26.2 Å². The summed E-state index contributed by atoms with van der Waals surface area (Å²) in [7, 11) is 0. The SMILES string of the molecule is Cc1nc(Nc2ccccc2C(F)(F)F)ccc1Br. The number of alkyl halides is 3. The summed E-state index contributed by atoms with van der Waals surface area (Å²) in [6.45, 7) is 1.77. The van der Waals surface area contributed by atoms with Crippen LogP contribution < -0.4 is 5.32 Å². The lowest BCUT2D eigenvalue weighted by Crippen LogP contribution is -2.09. The van der Waals surface area contributed by atoms with Crippen LogP contribution in [0.5, 0.6) is 0 Å². The van der Waals surface area contributed by atoms with Gasteiger partial charge in [0.05, 0.1) is 16.9 Å². The van der Waals surface area contributed by atoms with Gasteiger partial charge in [-0.25, -0.2) is 4.98 Å². The molecule has 0 aliphatic heterocycles. The molecule has 1 heterocycles. The van der Waals surface area contributed by atoms with Gasteiger partial charge in [-0.1, -0.05) is 12.1 Å². The van der Waals surface area contributed by atoms with Crippen molar-refractivity contribution in [1.82, 2.24) is 4.98 Å². The molecule has 1 aromatic heterocycles. The van der Waals surface area contributed by atoms with Crippen molar-refractivity contribution < 1.29 is 13.2 Å². The van der Waals surface area contributed by atoms with Crippen LogP contribution in [0, 0.1) is 6.92 Å². The van der Waals surface area contributed by atoms with Gasteiger partial charge in [-0.3, -0.25) is 0 Å². The average Bonchev–Trinajstić information content (AvgIpc) is 2.33. The van der Waals surface area contributed by atoms with E-state index in [0.29, 0.717) is 11.5 Å². The highest BCUT2D eigenvalue weighted by Gasteiger charge is 2.33. The Bertz CT molecular complexity index is 597. The van der Waals surface area contributed by atoms with Crippen LogP contribution in [-0.4, -0.2) is 4.98 Å². The summed E-state index contributed by atoms with van der Waals surface area (Å²) in [5, 5.41) is 2.70. The number of para-hydroxylation sites is 1. The van der Waals surface area contributed by atoms with Crippen LogP contribution in [0.1, 0.15) is 11.3 Å². The third kappa shape index (κ3) is 3.26. The Hall–Kier alpha value is -1.56. The first kappa shape index (κ1) is 13.9. The third-order valence-corrected chi connectivity index (χ3v) is 3.35. The van der Waals surface area contributed by atoms with Crippen molar-refractivity contribution in [3.8, 4) is 0 Å². The fourth-order valence-electron chi connectivity index (χ4n) is 1.59. The summed E-state index contributed by atoms with van der Waals surface area (Å²) >= 11 is 3.29. The van der Waals surface area contributed by atoms with Crippen LogP contribution >= 0.6 is 15.9 Å². The fraction of sp³-hybridized carbons (Fsp3) is 0.154. The number of hydrogen-bond donors (Lipinski definition) is 1. The first-order valence-electron chi connectivity index (χ1n) is 5.44. The summed E-state index contributed by atoms with van der Waals surface area (Å²) < 4.78 is 39.3. The van der Waals surface area contributed by atoms with E-state index in [-0.39, 0.29) is 5.69 Å². The molecule has 2 aromatic rings. The minimum Gasteiger partial charge on any atom is -0.340 e. The maximum absolute atomic E-state index is 12.8. The molecule has 0 unspecified atom stereocenters. The van der Waals surface area contributed by atoms with Gasteiger partial charge in [0, 0.05) is 4.47 Å². The molecule has 0 fully saturated rings. The van der Waals surface area contributed by atoms with Crippen molar-refractivity contribution >= 4 is 27.4 Å². The standard InChI is InChI=1S/C13H10BrF3N2/c1-8-10(14)6-7-12(18-8)19-11-5-3-2-4-9(11)13(15,16)17/h2-7H,1H3,(H,18,19). The molecule has 0 spiro atoms. The minimum absolute atomic E-state index is 0.00998. The minimum atomic E-state index is -4.39. The molecule has 0 aliphatic carbocycles. The first-order valence-corrected chi connectivity index (χ1v) is 6.23. The maximum atomic E-state index is 12.8. The molecular weight excluding hydrogens is 321 g/mol. The number of rotatable bonds is 2. The fourth-order valence-corrected chi connectivity index (χ4v) is 1.81. The number of pyridine rings is 1. The van der Waals surface area contributed by atoms with E-state index in [1.54, 1.807) is 25.1 Å². The summed E-state index contributed by atoms with van der Waals surface area (Å²) in [4.78, 5) is 4.17. The molecule has 2 nitrogen and oxygen atoms in total. The summed E-state index contributed by atoms with van der Waals surface area (Å²) in [5.41, 5.74) is -0.0175. The quantitative estimate of drug-likeness (QED) is 0.845. The van der Waals surface area contributed by atoms with Gasteiger partial charge in [0.2, 0.25) is 0 Å². The highest BCUT2D eigenvalue weighted by atomic mass is 79.9. The maximum Gasteiger partial charge on any atom is 0.418 e. The van der Waals surface area contributed by atoms with Crippen molar-refractivity contribution in [2.75, 3.05) is 5.32 Å². The number of aryl methyl sites for hydroxylation is 1. The summed E-state index contributed by atoms with van der Waals surface area (Å²) in [6, 6.07) is 8.67. The Morgan fingerprint density at radius 2 is 1.79 bits per heavy atom. The third-order valence-electron chi connectivity index (χ3n) is 2.52. The number of nitrogens with one attached hydrogen (secondary N) is 1. The molecule has 6 heteroatoms. The number of benzene rings is 1. The Morgan fingerprint density at radius 3 is 2.42 bits per heavy atom. The zero-order valence-corrected chi connectivity index (χ0v) is 11.5. The molecule has 1 aromatic carbocycles. The lowest BCUT2D eigenvalue weighted by atomic mass is 10.1. The molecule has 100 valence electrons. The van der Waals surface area contributed by atoms with E-state index in [1.807, 2.05) is 0 Å². The Kier molecular flexibility index (Phi) is 3.80. The molecule has 0 atom stereocenters. The number of hydrogen-bond acceptors (Lipinski definition) is 2. The largest absolute Gasteiger partial charge is 0.418 e. The van der Waals surface area contributed by atoms with Crippen LogP contribution in [0.15, 0.2) is 40.9 Å². The molecule has 0 saturated carbocycles. The lowest BCUT2D eigenvalue weighted by Gasteiger charge is -2.14. The molecule has 0 radical (unpaired) electrons. The van der Waals surface area contributed by atoms with Crippen molar-refractivity contribution in [3.63, 3.8) is 0 Å². The Morgan fingerprint density at radius 1 is 1.11 bits per heavy atom. The molecule has 0 aliphatic rings. The van der Waals surface area contributed by atoms with Crippen LogP contribution in [0.25, 0.3) is 0 Å². The van der Waals surface area contributed by atoms with Gasteiger partial charge in [0.15, 0.2) is 0 Å². The van der Waals surface area contributed by atoms with Gasteiger partial charge < -0.3 is 5.32 Å². The van der Waals surface area contributed by atoms with Crippen molar-refractivity contribution in [3.05, 3.63) is 52.1 Å². The van der Waals surface area contributed by atoms with E-state index in [0.717, 1.165) is 10.5 Å². The molecule has 0 bridgehead atoms. The topological polar surface area (TPSA) is 24.9 Å². The zero-order chi connectivity index (χ0) is 14.0. The van der Waals surface area contributed by atoms with E-state index in [4.69, 9.17) is 0 Å². The van der Waals surface area contributed by atoms with Gasteiger partial charge in [0.1, 0.15) is 5.82 Å². The number of aromatic nitrogens is 1. The van der Waals surface area contributed by atoms with E-state index >= 15 is 0 Å². The lowest BCUT2D eigenvalue weighted by molar-refractivity contribution is -0.136. The summed E-state index contributed by atoms with van der Waals surface area (Å²) in [5.74, 6) is 0.373. The van der Waals surface area contributed by atoms with Gasteiger partial charge >= 0.3 is 6.18 Å². The first-order chi connectivity index (χ1) is 8.88. The Balaban J connectivity index is 2.36. The smallest absolute Gasteiger partial charge is 0.340 e. The van der Waals surface area contributed by atoms with Crippen LogP contribution in [0.3, 0.4) is 0 Å². The second kappa shape index (κ2) is 5.21. The van der Waals surface area contributed by atoms with Gasteiger partial charge in [-0.2, -0.15) is 13.2 Å². The van der Waals surface area contributed by atoms with Gasteiger partial charge in [-0.05, 0) is 47.1 Å². The highest BCUT2D eigenvalue weighted by molar-refractivity contribution is 9.10. The second-order valence-corrected chi connectivity index (χ2v) is 4.79. The van der Waals surface area contributed by atoms with E-state index < -0.39 is 11.7 Å². The summed E-state index contributed by atoms with van der Waals surface area (Å²) in [6.07, 6.45) is -4.39. The average molecular weight is 331 g/mol. The molecule has 2 rings (SSSR count). The van der Waals surface area contributed by atoms with E-state index in [1.165, 1.54) is 12.1 Å². The molecular formula is C13H10BrF3N2. The molecule has 1 N–H and O–H groups in total. The van der Waals surface area contributed by atoms with Crippen molar-refractivity contribution in [1.29, 1.82) is 0 Å². The number of halogens is 4. The molecule has 0 amide bonds. The molecule has 0 saturated heterocycles. The monoisotopic (exact) mass is 330 g/mol. The second-order valence-electron chi connectivity index (χ2n) is 3.93. The predicted molar refractivity (Wildman–Crippen MR) is 71.4 cm³/mol. The highest BCUT2D eigenvalue weighted by Crippen LogP contribution is 2.35. The van der Waals surface area contributed by atoms with Crippen LogP contribution in [0.4, 0.5) is 24.7 Å². The van der Waals surface area contributed by atoms with Crippen molar-refractivity contribution in [2.45, 2.75) is 13.1 Å². The Labute approximate surface area is 116 Å². The number of nitrogens with zero attached hydrogens (tertiary/aromatic N) is 1.